The summed E-state index contributed by atoms with van der Waals surface area (Å²) in [6.07, 6.45) is 3.97. The Hall–Kier alpha value is -3.37. The van der Waals surface area contributed by atoms with E-state index >= 15 is 0 Å². The van der Waals surface area contributed by atoms with Gasteiger partial charge in [0.1, 0.15) is 23.4 Å². The number of amides is 1. The van der Waals surface area contributed by atoms with Gasteiger partial charge in [-0.3, -0.25) is 4.79 Å². The number of rotatable bonds is 7. The summed E-state index contributed by atoms with van der Waals surface area (Å²) < 4.78 is 42.2. The minimum Gasteiger partial charge on any atom is -0.497 e. The molecule has 33 heavy (non-hydrogen) atoms. The molecule has 2 heterocycles. The SMILES string of the molecule is COc1cc(OC)cc([C@H](NS(=O)(=O)c2ccc3c(c2)CCN3C(C)=O)c2nccn2C)c1. The zero-order valence-corrected chi connectivity index (χ0v) is 19.7. The number of aryl methyl sites for hydroxylation is 1. The first kappa shape index (κ1) is 22.8. The average Bonchev–Trinajstić information content (AvgIpc) is 3.42. The molecule has 2 aromatic carbocycles. The summed E-state index contributed by atoms with van der Waals surface area (Å²) in [5, 5.41) is 0. The summed E-state index contributed by atoms with van der Waals surface area (Å²) in [5.74, 6) is 1.51. The van der Waals surface area contributed by atoms with E-state index in [4.69, 9.17) is 9.47 Å². The number of ether oxygens (including phenoxy) is 2. The largest absolute Gasteiger partial charge is 0.497 e. The van der Waals surface area contributed by atoms with Gasteiger partial charge in [0.2, 0.25) is 15.9 Å². The van der Waals surface area contributed by atoms with Crippen molar-refractivity contribution in [3.63, 3.8) is 0 Å². The monoisotopic (exact) mass is 470 g/mol. The lowest BCUT2D eigenvalue weighted by molar-refractivity contribution is -0.116. The van der Waals surface area contributed by atoms with E-state index in [1.807, 2.05) is 0 Å². The van der Waals surface area contributed by atoms with E-state index in [-0.39, 0.29) is 10.8 Å². The molecule has 174 valence electrons. The van der Waals surface area contributed by atoms with Crippen LogP contribution in [0.4, 0.5) is 5.69 Å². The van der Waals surface area contributed by atoms with Crippen LogP contribution in [-0.4, -0.2) is 44.6 Å². The maximum atomic E-state index is 13.5. The summed E-state index contributed by atoms with van der Waals surface area (Å²) in [4.78, 5) is 18.0. The van der Waals surface area contributed by atoms with Gasteiger partial charge in [0, 0.05) is 44.7 Å². The number of imidazole rings is 1. The molecule has 0 unspecified atom stereocenters. The van der Waals surface area contributed by atoms with Crippen LogP contribution < -0.4 is 19.1 Å². The lowest BCUT2D eigenvalue weighted by Gasteiger charge is -2.21. The second kappa shape index (κ2) is 8.87. The van der Waals surface area contributed by atoms with Crippen LogP contribution in [0.1, 0.15) is 29.9 Å². The maximum absolute atomic E-state index is 13.5. The van der Waals surface area contributed by atoms with E-state index in [9.17, 15) is 13.2 Å². The molecule has 3 aromatic rings. The third kappa shape index (κ3) is 4.44. The van der Waals surface area contributed by atoms with Crippen molar-refractivity contribution in [2.75, 3.05) is 25.7 Å². The van der Waals surface area contributed by atoms with Crippen molar-refractivity contribution in [1.29, 1.82) is 0 Å². The molecule has 0 radical (unpaired) electrons. The van der Waals surface area contributed by atoms with Gasteiger partial charge in [-0.15, -0.1) is 0 Å². The minimum atomic E-state index is -3.94. The fourth-order valence-electron chi connectivity index (χ4n) is 4.02. The molecule has 1 aliphatic heterocycles. The van der Waals surface area contributed by atoms with Crippen LogP contribution in [0.2, 0.25) is 0 Å². The van der Waals surface area contributed by atoms with Crippen molar-refractivity contribution in [2.24, 2.45) is 7.05 Å². The van der Waals surface area contributed by atoms with E-state index in [0.717, 1.165) is 11.3 Å². The van der Waals surface area contributed by atoms with Gasteiger partial charge in [-0.2, -0.15) is 4.72 Å². The topological polar surface area (TPSA) is 103 Å². The fourth-order valence-corrected chi connectivity index (χ4v) is 5.25. The zero-order valence-electron chi connectivity index (χ0n) is 18.9. The van der Waals surface area contributed by atoms with Gasteiger partial charge in [-0.1, -0.05) is 0 Å². The van der Waals surface area contributed by atoms with Gasteiger partial charge in [-0.05, 0) is 47.9 Å². The van der Waals surface area contributed by atoms with Gasteiger partial charge in [0.15, 0.2) is 0 Å². The number of carbonyl (C=O) groups is 1. The molecule has 0 spiro atoms. The number of methoxy groups -OCH3 is 2. The van der Waals surface area contributed by atoms with Gasteiger partial charge in [0.05, 0.1) is 19.1 Å². The number of carbonyl (C=O) groups excluding carboxylic acids is 1. The van der Waals surface area contributed by atoms with Crippen LogP contribution in [0.5, 0.6) is 11.5 Å². The number of sulfonamides is 1. The Bertz CT molecular complexity index is 1280. The van der Waals surface area contributed by atoms with E-state index in [0.29, 0.717) is 35.9 Å². The van der Waals surface area contributed by atoms with Crippen LogP contribution in [0.15, 0.2) is 53.7 Å². The summed E-state index contributed by atoms with van der Waals surface area (Å²) >= 11 is 0. The molecule has 1 N–H and O–H groups in total. The lowest BCUT2D eigenvalue weighted by Crippen LogP contribution is -2.31. The first-order valence-electron chi connectivity index (χ1n) is 10.4. The van der Waals surface area contributed by atoms with Crippen molar-refractivity contribution in [1.82, 2.24) is 14.3 Å². The zero-order chi connectivity index (χ0) is 23.8. The Morgan fingerprint density at radius 2 is 1.82 bits per heavy atom. The molecule has 0 aliphatic carbocycles. The maximum Gasteiger partial charge on any atom is 0.241 e. The summed E-state index contributed by atoms with van der Waals surface area (Å²) in [6.45, 7) is 2.04. The smallest absolute Gasteiger partial charge is 0.241 e. The number of nitrogens with one attached hydrogen (secondary N) is 1. The van der Waals surface area contributed by atoms with E-state index in [1.165, 1.54) is 27.2 Å². The van der Waals surface area contributed by atoms with Gasteiger partial charge < -0.3 is 18.9 Å². The molecule has 1 amide bonds. The van der Waals surface area contributed by atoms with Crippen molar-refractivity contribution < 1.29 is 22.7 Å². The van der Waals surface area contributed by atoms with Crippen LogP contribution in [0.3, 0.4) is 0 Å². The summed E-state index contributed by atoms with van der Waals surface area (Å²) in [6, 6.07) is 9.25. The molecular formula is C23H26N4O5S. The standard InChI is InChI=1S/C23H26N4O5S/c1-15(28)27-9-7-16-13-20(5-6-21(16)27)33(29,30)25-22(23-24-8-10-26(23)2)17-11-18(31-3)14-19(12-17)32-4/h5-6,8,10-14,22,25H,7,9H2,1-4H3/t22-/m0/s1. The summed E-state index contributed by atoms with van der Waals surface area (Å²) in [7, 11) is 0.931. The van der Waals surface area contributed by atoms with Crippen molar-refractivity contribution in [3.05, 3.63) is 65.7 Å². The number of benzene rings is 2. The van der Waals surface area contributed by atoms with E-state index < -0.39 is 16.1 Å². The number of fused-ring (bicyclic) bond motifs is 1. The summed E-state index contributed by atoms with van der Waals surface area (Å²) in [5.41, 5.74) is 2.19. The first-order chi connectivity index (χ1) is 15.7. The molecule has 1 aliphatic rings. The quantitative estimate of drug-likeness (QED) is 0.569. The van der Waals surface area contributed by atoms with Gasteiger partial charge in [-0.25, -0.2) is 13.4 Å². The third-order valence-electron chi connectivity index (χ3n) is 5.73. The Morgan fingerprint density at radius 1 is 1.12 bits per heavy atom. The van der Waals surface area contributed by atoms with Crippen LogP contribution in [0.25, 0.3) is 0 Å². The van der Waals surface area contributed by atoms with Crippen LogP contribution in [-0.2, 0) is 28.3 Å². The number of hydrogen-bond donors (Lipinski definition) is 1. The van der Waals surface area contributed by atoms with Crippen molar-refractivity contribution in [2.45, 2.75) is 24.3 Å². The van der Waals surface area contributed by atoms with E-state index in [2.05, 4.69) is 9.71 Å². The normalized spacial score (nSPS) is 14.1. The average molecular weight is 471 g/mol. The minimum absolute atomic E-state index is 0.0655. The number of aromatic nitrogens is 2. The highest BCUT2D eigenvalue weighted by Gasteiger charge is 2.29. The Morgan fingerprint density at radius 3 is 2.39 bits per heavy atom. The molecule has 0 fully saturated rings. The highest BCUT2D eigenvalue weighted by molar-refractivity contribution is 7.89. The molecule has 9 nitrogen and oxygen atoms in total. The van der Waals surface area contributed by atoms with Crippen molar-refractivity contribution >= 4 is 21.6 Å². The molecule has 4 rings (SSSR count). The Balaban J connectivity index is 1.75. The Labute approximate surface area is 193 Å². The predicted molar refractivity (Wildman–Crippen MR) is 123 cm³/mol. The fraction of sp³-hybridized carbons (Fsp3) is 0.304. The second-order valence-electron chi connectivity index (χ2n) is 7.81. The molecular weight excluding hydrogens is 444 g/mol. The number of anilines is 1. The predicted octanol–water partition coefficient (Wildman–Crippen LogP) is 2.41. The van der Waals surface area contributed by atoms with Crippen LogP contribution >= 0.6 is 0 Å². The third-order valence-corrected chi connectivity index (χ3v) is 7.15. The van der Waals surface area contributed by atoms with E-state index in [1.54, 1.807) is 59.2 Å². The molecule has 10 heteroatoms. The van der Waals surface area contributed by atoms with Gasteiger partial charge in [0.25, 0.3) is 0 Å². The van der Waals surface area contributed by atoms with Crippen molar-refractivity contribution in [3.8, 4) is 11.5 Å². The highest BCUT2D eigenvalue weighted by Crippen LogP contribution is 2.33. The molecule has 0 saturated carbocycles. The second-order valence-corrected chi connectivity index (χ2v) is 9.52. The Kier molecular flexibility index (Phi) is 6.13. The molecule has 1 atom stereocenters. The number of nitrogens with zero attached hydrogens (tertiary/aromatic N) is 3. The lowest BCUT2D eigenvalue weighted by atomic mass is 10.1. The molecule has 0 saturated heterocycles. The first-order valence-corrected chi connectivity index (χ1v) is 11.9. The molecule has 1 aromatic heterocycles. The van der Waals surface area contributed by atoms with Gasteiger partial charge >= 0.3 is 0 Å². The van der Waals surface area contributed by atoms with Crippen LogP contribution in [0, 0.1) is 0 Å². The molecule has 0 bridgehead atoms. The number of hydrogen-bond acceptors (Lipinski definition) is 6. The highest BCUT2D eigenvalue weighted by atomic mass is 32.2.